The molecule has 4 rings (SSSR count). The second-order valence-corrected chi connectivity index (χ2v) is 10.3. The number of hydrogen-bond acceptors (Lipinski definition) is 5. The maximum atomic E-state index is 13.8. The molecule has 0 spiro atoms. The zero-order valence-electron chi connectivity index (χ0n) is 23.3. The Morgan fingerprint density at radius 1 is 0.902 bits per heavy atom. The van der Waals surface area contributed by atoms with Crippen LogP contribution in [0.2, 0.25) is 0 Å². The van der Waals surface area contributed by atoms with E-state index in [9.17, 15) is 19.1 Å². The van der Waals surface area contributed by atoms with Crippen molar-refractivity contribution in [3.05, 3.63) is 126 Å². The van der Waals surface area contributed by atoms with Gasteiger partial charge in [-0.1, -0.05) is 74.5 Å². The summed E-state index contributed by atoms with van der Waals surface area (Å²) in [5.41, 5.74) is 3.05. The predicted octanol–water partition coefficient (Wildman–Crippen LogP) is 6.71. The lowest BCUT2D eigenvalue weighted by molar-refractivity contribution is -0.137. The standard InChI is InChI=1S/C34H35FN2O4/c1-24(2)23-37(28-12-8-11-27(35)22-28)19-20-41-29-17-15-25(16-18-29)21-32(34(39)40)36-31-14-7-6-13-30(31)33(38)26-9-4-3-5-10-26/h3-18,22,24,32,36H,19-21,23H2,1-2H3,(H,39,40). The van der Waals surface area contributed by atoms with Crippen LogP contribution in [-0.4, -0.2) is 42.6 Å². The molecule has 2 N–H and O–H groups in total. The van der Waals surface area contributed by atoms with E-state index >= 15 is 0 Å². The molecule has 212 valence electrons. The van der Waals surface area contributed by atoms with E-state index < -0.39 is 12.0 Å². The number of hydrogen-bond donors (Lipinski definition) is 2. The SMILES string of the molecule is CC(C)CN(CCOc1ccc(CC(Nc2ccccc2C(=O)c2ccccc2)C(=O)O)cc1)c1cccc(F)c1. The Morgan fingerprint density at radius 2 is 1.61 bits per heavy atom. The number of carbonyl (C=O) groups is 2. The minimum atomic E-state index is -1.02. The van der Waals surface area contributed by atoms with Crippen LogP contribution >= 0.6 is 0 Å². The van der Waals surface area contributed by atoms with Crippen molar-refractivity contribution in [2.45, 2.75) is 26.3 Å². The Balaban J connectivity index is 1.38. The molecule has 0 aliphatic heterocycles. The summed E-state index contributed by atoms with van der Waals surface area (Å²) in [4.78, 5) is 27.3. The van der Waals surface area contributed by atoms with Crippen LogP contribution in [0.25, 0.3) is 0 Å². The van der Waals surface area contributed by atoms with Gasteiger partial charge in [-0.3, -0.25) is 4.79 Å². The molecule has 6 nitrogen and oxygen atoms in total. The predicted molar refractivity (Wildman–Crippen MR) is 160 cm³/mol. The molecule has 0 aliphatic carbocycles. The minimum Gasteiger partial charge on any atom is -0.492 e. The molecule has 0 saturated heterocycles. The number of anilines is 2. The fourth-order valence-electron chi connectivity index (χ4n) is 4.61. The summed E-state index contributed by atoms with van der Waals surface area (Å²) < 4.78 is 19.7. The first-order valence-electron chi connectivity index (χ1n) is 13.7. The van der Waals surface area contributed by atoms with Crippen LogP contribution in [-0.2, 0) is 11.2 Å². The van der Waals surface area contributed by atoms with E-state index in [1.54, 1.807) is 54.6 Å². The van der Waals surface area contributed by atoms with Crippen LogP contribution in [0.15, 0.2) is 103 Å². The van der Waals surface area contributed by atoms with E-state index in [0.29, 0.717) is 41.6 Å². The fraction of sp³-hybridized carbons (Fsp3) is 0.235. The number of carboxylic acids is 1. The Hall–Kier alpha value is -4.65. The van der Waals surface area contributed by atoms with Crippen LogP contribution in [0.1, 0.15) is 35.3 Å². The van der Waals surface area contributed by atoms with Crippen LogP contribution in [0, 0.1) is 11.7 Å². The van der Waals surface area contributed by atoms with Crippen molar-refractivity contribution in [2.75, 3.05) is 29.9 Å². The summed E-state index contributed by atoms with van der Waals surface area (Å²) in [7, 11) is 0. The number of rotatable bonds is 14. The number of nitrogens with one attached hydrogen (secondary N) is 1. The maximum Gasteiger partial charge on any atom is 0.326 e. The van der Waals surface area contributed by atoms with E-state index in [-0.39, 0.29) is 18.0 Å². The second-order valence-electron chi connectivity index (χ2n) is 10.3. The Labute approximate surface area is 240 Å². The molecule has 1 unspecified atom stereocenters. The molecule has 4 aromatic rings. The number of carboxylic acid groups (broad SMARTS) is 1. The Kier molecular flexibility index (Phi) is 10.1. The van der Waals surface area contributed by atoms with E-state index in [0.717, 1.165) is 17.8 Å². The van der Waals surface area contributed by atoms with Gasteiger partial charge in [0.1, 0.15) is 24.2 Å². The lowest BCUT2D eigenvalue weighted by atomic mass is 10.00. The average molecular weight is 555 g/mol. The van der Waals surface area contributed by atoms with Gasteiger partial charge in [0.2, 0.25) is 0 Å². The highest BCUT2D eigenvalue weighted by molar-refractivity contribution is 6.12. The molecule has 0 aliphatic rings. The molecule has 0 heterocycles. The van der Waals surface area contributed by atoms with Crippen molar-refractivity contribution in [1.29, 1.82) is 0 Å². The number of ketones is 1. The van der Waals surface area contributed by atoms with Crippen molar-refractivity contribution < 1.29 is 23.8 Å². The molecule has 0 saturated carbocycles. The highest BCUT2D eigenvalue weighted by Gasteiger charge is 2.21. The van der Waals surface area contributed by atoms with Gasteiger partial charge in [-0.25, -0.2) is 9.18 Å². The van der Waals surface area contributed by atoms with Crippen molar-refractivity contribution >= 4 is 23.1 Å². The van der Waals surface area contributed by atoms with Crippen molar-refractivity contribution in [1.82, 2.24) is 0 Å². The molecular weight excluding hydrogens is 519 g/mol. The molecule has 1 atom stereocenters. The van der Waals surface area contributed by atoms with E-state index in [1.807, 2.05) is 36.4 Å². The van der Waals surface area contributed by atoms with Crippen LogP contribution in [0.3, 0.4) is 0 Å². The number of halogens is 1. The summed E-state index contributed by atoms with van der Waals surface area (Å²) in [6.45, 7) is 6.01. The number of ether oxygens (including phenoxy) is 1. The number of carbonyl (C=O) groups excluding carboxylic acids is 1. The molecule has 7 heteroatoms. The second kappa shape index (κ2) is 14.1. The summed E-state index contributed by atoms with van der Waals surface area (Å²) in [5, 5.41) is 13.0. The van der Waals surface area contributed by atoms with Gasteiger partial charge in [0.25, 0.3) is 0 Å². The molecule has 0 bridgehead atoms. The molecule has 0 aromatic heterocycles. The number of aliphatic carboxylic acids is 1. The minimum absolute atomic E-state index is 0.177. The van der Waals surface area contributed by atoms with Gasteiger partial charge in [0, 0.05) is 35.5 Å². The van der Waals surface area contributed by atoms with Crippen molar-refractivity contribution in [2.24, 2.45) is 5.92 Å². The summed E-state index contributed by atoms with van der Waals surface area (Å²) >= 11 is 0. The third-order valence-electron chi connectivity index (χ3n) is 6.59. The van der Waals surface area contributed by atoms with Crippen LogP contribution in [0.4, 0.5) is 15.8 Å². The Morgan fingerprint density at radius 3 is 2.29 bits per heavy atom. The fourth-order valence-corrected chi connectivity index (χ4v) is 4.61. The zero-order chi connectivity index (χ0) is 29.2. The molecule has 41 heavy (non-hydrogen) atoms. The summed E-state index contributed by atoms with van der Waals surface area (Å²) in [6.07, 6.45) is 0.214. The van der Waals surface area contributed by atoms with E-state index in [2.05, 4.69) is 24.1 Å². The van der Waals surface area contributed by atoms with Gasteiger partial charge in [0.15, 0.2) is 5.78 Å². The monoisotopic (exact) mass is 554 g/mol. The van der Waals surface area contributed by atoms with E-state index in [4.69, 9.17) is 4.74 Å². The van der Waals surface area contributed by atoms with Gasteiger partial charge in [-0.2, -0.15) is 0 Å². The first kappa shape index (κ1) is 29.3. The normalized spacial score (nSPS) is 11.6. The molecule has 4 aromatic carbocycles. The molecule has 0 amide bonds. The average Bonchev–Trinajstić information content (AvgIpc) is 2.97. The molecular formula is C34H35FN2O4. The summed E-state index contributed by atoms with van der Waals surface area (Å²) in [5.74, 6) is -0.403. The van der Waals surface area contributed by atoms with Gasteiger partial charge in [-0.05, 0) is 53.9 Å². The Bertz CT molecular complexity index is 1440. The quantitative estimate of drug-likeness (QED) is 0.169. The molecule has 0 radical (unpaired) electrons. The first-order valence-corrected chi connectivity index (χ1v) is 13.7. The highest BCUT2D eigenvalue weighted by Crippen LogP contribution is 2.22. The third-order valence-corrected chi connectivity index (χ3v) is 6.59. The third kappa shape index (κ3) is 8.42. The van der Waals surface area contributed by atoms with Gasteiger partial charge >= 0.3 is 5.97 Å². The summed E-state index contributed by atoms with van der Waals surface area (Å²) in [6, 6.07) is 28.8. The lowest BCUT2D eigenvalue weighted by Crippen LogP contribution is -2.32. The van der Waals surface area contributed by atoms with E-state index in [1.165, 1.54) is 12.1 Å². The van der Waals surface area contributed by atoms with Crippen molar-refractivity contribution in [3.8, 4) is 5.75 Å². The van der Waals surface area contributed by atoms with Crippen LogP contribution < -0.4 is 15.0 Å². The number of benzene rings is 4. The number of para-hydroxylation sites is 1. The van der Waals surface area contributed by atoms with Gasteiger partial charge < -0.3 is 20.1 Å². The molecule has 0 fully saturated rings. The topological polar surface area (TPSA) is 78.9 Å². The van der Waals surface area contributed by atoms with Gasteiger partial charge in [-0.15, -0.1) is 0 Å². The number of nitrogens with zero attached hydrogens (tertiary/aromatic N) is 1. The largest absolute Gasteiger partial charge is 0.492 e. The van der Waals surface area contributed by atoms with Gasteiger partial charge in [0.05, 0.1) is 6.54 Å². The maximum absolute atomic E-state index is 13.8. The first-order chi connectivity index (χ1) is 19.8. The smallest absolute Gasteiger partial charge is 0.326 e. The van der Waals surface area contributed by atoms with Crippen LogP contribution in [0.5, 0.6) is 5.75 Å². The lowest BCUT2D eigenvalue weighted by Gasteiger charge is -2.26. The van der Waals surface area contributed by atoms with Crippen molar-refractivity contribution in [3.63, 3.8) is 0 Å². The zero-order valence-corrected chi connectivity index (χ0v) is 23.3. The highest BCUT2D eigenvalue weighted by atomic mass is 19.1.